The molecule has 0 saturated heterocycles. The van der Waals surface area contributed by atoms with Gasteiger partial charge >= 0.3 is 0 Å². The van der Waals surface area contributed by atoms with E-state index in [0.29, 0.717) is 5.92 Å². The zero-order valence-corrected chi connectivity index (χ0v) is 8.92. The highest BCUT2D eigenvalue weighted by atomic mass is 16.3. The van der Waals surface area contributed by atoms with Crippen LogP contribution < -0.4 is 5.73 Å². The average Bonchev–Trinajstić information content (AvgIpc) is 2.04. The molecule has 0 aromatic carbocycles. The Hall–Kier alpha value is -0.0800. The molecule has 13 heavy (non-hydrogen) atoms. The molecule has 1 rings (SSSR count). The summed E-state index contributed by atoms with van der Waals surface area (Å²) in [6.45, 7) is 4.68. The summed E-state index contributed by atoms with van der Waals surface area (Å²) in [7, 11) is 0. The first-order valence-corrected chi connectivity index (χ1v) is 5.46. The van der Waals surface area contributed by atoms with Crippen LogP contribution in [0.15, 0.2) is 0 Å². The van der Waals surface area contributed by atoms with Crippen molar-refractivity contribution < 1.29 is 5.11 Å². The Morgan fingerprint density at radius 3 is 2.15 bits per heavy atom. The Kier molecular flexibility index (Phi) is 3.74. The lowest BCUT2D eigenvalue weighted by molar-refractivity contribution is -0.00616. The highest BCUT2D eigenvalue weighted by Crippen LogP contribution is 2.36. The Bertz CT molecular complexity index is 143. The van der Waals surface area contributed by atoms with E-state index < -0.39 is 5.60 Å². The lowest BCUT2D eigenvalue weighted by atomic mass is 9.74. The molecule has 0 heterocycles. The van der Waals surface area contributed by atoms with Crippen molar-refractivity contribution in [3.63, 3.8) is 0 Å². The van der Waals surface area contributed by atoms with E-state index in [1.165, 1.54) is 32.1 Å². The van der Waals surface area contributed by atoms with Crippen LogP contribution >= 0.6 is 0 Å². The molecule has 0 radical (unpaired) electrons. The second-order valence-corrected chi connectivity index (χ2v) is 4.95. The van der Waals surface area contributed by atoms with Gasteiger partial charge in [-0.1, -0.05) is 12.8 Å². The molecule has 2 heteroatoms. The first kappa shape index (κ1) is 11.0. The van der Waals surface area contributed by atoms with Gasteiger partial charge in [0.1, 0.15) is 0 Å². The maximum atomic E-state index is 9.83. The molecule has 0 bridgehead atoms. The van der Waals surface area contributed by atoms with Gasteiger partial charge in [0.15, 0.2) is 0 Å². The standard InChI is InChI=1S/C11H23NO/c1-11(2,13)10-5-3-9(4-6-10)7-8-12/h9-10,13H,3-8,12H2,1-2H3. The zero-order chi connectivity index (χ0) is 9.90. The zero-order valence-electron chi connectivity index (χ0n) is 8.92. The number of hydrogen-bond donors (Lipinski definition) is 2. The quantitative estimate of drug-likeness (QED) is 0.705. The van der Waals surface area contributed by atoms with Crippen LogP contribution in [0.25, 0.3) is 0 Å². The van der Waals surface area contributed by atoms with Gasteiger partial charge < -0.3 is 10.8 Å². The number of rotatable bonds is 3. The second-order valence-electron chi connectivity index (χ2n) is 4.95. The van der Waals surface area contributed by atoms with Crippen LogP contribution in [0.1, 0.15) is 46.0 Å². The van der Waals surface area contributed by atoms with E-state index in [9.17, 15) is 5.11 Å². The van der Waals surface area contributed by atoms with Crippen molar-refractivity contribution in [2.24, 2.45) is 17.6 Å². The molecule has 0 atom stereocenters. The molecule has 1 saturated carbocycles. The minimum atomic E-state index is -0.478. The summed E-state index contributed by atoms with van der Waals surface area (Å²) in [4.78, 5) is 0. The monoisotopic (exact) mass is 185 g/mol. The van der Waals surface area contributed by atoms with Crippen LogP contribution in [0.4, 0.5) is 0 Å². The average molecular weight is 185 g/mol. The lowest BCUT2D eigenvalue weighted by Gasteiger charge is -2.35. The molecule has 1 aliphatic carbocycles. The van der Waals surface area contributed by atoms with E-state index in [2.05, 4.69) is 0 Å². The minimum Gasteiger partial charge on any atom is -0.390 e. The molecule has 0 aromatic heterocycles. The van der Waals surface area contributed by atoms with E-state index in [0.717, 1.165) is 12.5 Å². The van der Waals surface area contributed by atoms with Crippen LogP contribution in [0, 0.1) is 11.8 Å². The molecular weight excluding hydrogens is 162 g/mol. The van der Waals surface area contributed by atoms with Gasteiger partial charge in [-0.2, -0.15) is 0 Å². The van der Waals surface area contributed by atoms with Crippen molar-refractivity contribution in [3.8, 4) is 0 Å². The molecule has 0 aromatic rings. The Balaban J connectivity index is 2.30. The predicted octanol–water partition coefficient (Wildman–Crippen LogP) is 1.91. The van der Waals surface area contributed by atoms with Crippen molar-refractivity contribution >= 4 is 0 Å². The van der Waals surface area contributed by atoms with Crippen molar-refractivity contribution in [1.82, 2.24) is 0 Å². The molecule has 0 aliphatic heterocycles. The molecule has 0 amide bonds. The topological polar surface area (TPSA) is 46.2 Å². The van der Waals surface area contributed by atoms with E-state index in [1.807, 2.05) is 13.8 Å². The van der Waals surface area contributed by atoms with E-state index in [-0.39, 0.29) is 0 Å². The van der Waals surface area contributed by atoms with Crippen molar-refractivity contribution in [3.05, 3.63) is 0 Å². The van der Waals surface area contributed by atoms with Crippen LogP contribution in [0.2, 0.25) is 0 Å². The minimum absolute atomic E-state index is 0.478. The van der Waals surface area contributed by atoms with Crippen LogP contribution in [0.5, 0.6) is 0 Å². The third-order valence-electron chi connectivity index (χ3n) is 3.42. The highest BCUT2D eigenvalue weighted by molar-refractivity contribution is 4.82. The SMILES string of the molecule is CC(C)(O)C1CCC(CCN)CC1. The molecule has 3 N–H and O–H groups in total. The van der Waals surface area contributed by atoms with Gasteiger partial charge in [-0.05, 0) is 51.5 Å². The van der Waals surface area contributed by atoms with E-state index >= 15 is 0 Å². The van der Waals surface area contributed by atoms with Crippen LogP contribution in [-0.2, 0) is 0 Å². The summed E-state index contributed by atoms with van der Waals surface area (Å²) in [5.41, 5.74) is 5.05. The van der Waals surface area contributed by atoms with Gasteiger partial charge in [-0.25, -0.2) is 0 Å². The summed E-state index contributed by atoms with van der Waals surface area (Å²) >= 11 is 0. The predicted molar refractivity (Wildman–Crippen MR) is 55.4 cm³/mol. The van der Waals surface area contributed by atoms with Gasteiger partial charge in [0.2, 0.25) is 0 Å². The van der Waals surface area contributed by atoms with Gasteiger partial charge in [0.25, 0.3) is 0 Å². The third-order valence-corrected chi connectivity index (χ3v) is 3.42. The maximum Gasteiger partial charge on any atom is 0.0619 e. The lowest BCUT2D eigenvalue weighted by Crippen LogP contribution is -2.34. The molecule has 2 nitrogen and oxygen atoms in total. The Morgan fingerprint density at radius 2 is 1.77 bits per heavy atom. The van der Waals surface area contributed by atoms with Gasteiger partial charge in [0.05, 0.1) is 5.60 Å². The van der Waals surface area contributed by atoms with Gasteiger partial charge in [-0.3, -0.25) is 0 Å². The fourth-order valence-corrected chi connectivity index (χ4v) is 2.39. The smallest absolute Gasteiger partial charge is 0.0619 e. The Labute approximate surface area is 81.5 Å². The molecule has 0 unspecified atom stereocenters. The molecule has 1 fully saturated rings. The summed E-state index contributed by atoms with van der Waals surface area (Å²) in [6, 6.07) is 0. The van der Waals surface area contributed by atoms with Crippen molar-refractivity contribution in [1.29, 1.82) is 0 Å². The summed E-state index contributed by atoms with van der Waals surface area (Å²) in [5.74, 6) is 1.32. The summed E-state index contributed by atoms with van der Waals surface area (Å²) in [6.07, 6.45) is 6.03. The third kappa shape index (κ3) is 3.28. The number of hydrogen-bond acceptors (Lipinski definition) is 2. The van der Waals surface area contributed by atoms with Gasteiger partial charge in [0, 0.05) is 0 Å². The van der Waals surface area contributed by atoms with E-state index in [1.54, 1.807) is 0 Å². The summed E-state index contributed by atoms with van der Waals surface area (Å²) in [5, 5.41) is 9.83. The van der Waals surface area contributed by atoms with Gasteiger partial charge in [-0.15, -0.1) is 0 Å². The molecule has 1 aliphatic rings. The van der Waals surface area contributed by atoms with E-state index in [4.69, 9.17) is 5.73 Å². The highest BCUT2D eigenvalue weighted by Gasteiger charge is 2.30. The van der Waals surface area contributed by atoms with Crippen molar-refractivity contribution in [2.75, 3.05) is 6.54 Å². The van der Waals surface area contributed by atoms with Crippen molar-refractivity contribution in [2.45, 2.75) is 51.6 Å². The second kappa shape index (κ2) is 4.43. The largest absolute Gasteiger partial charge is 0.390 e. The fourth-order valence-electron chi connectivity index (χ4n) is 2.39. The summed E-state index contributed by atoms with van der Waals surface area (Å²) < 4.78 is 0. The van der Waals surface area contributed by atoms with Crippen LogP contribution in [0.3, 0.4) is 0 Å². The molecular formula is C11H23NO. The molecule has 0 spiro atoms. The number of nitrogens with two attached hydrogens (primary N) is 1. The number of aliphatic hydroxyl groups is 1. The fraction of sp³-hybridized carbons (Fsp3) is 1.00. The first-order chi connectivity index (χ1) is 6.04. The first-order valence-electron chi connectivity index (χ1n) is 5.46. The molecule has 78 valence electrons. The normalized spacial score (nSPS) is 30.5. The Morgan fingerprint density at radius 1 is 1.23 bits per heavy atom. The maximum absolute atomic E-state index is 9.83. The van der Waals surface area contributed by atoms with Crippen LogP contribution in [-0.4, -0.2) is 17.3 Å².